The van der Waals surface area contributed by atoms with Gasteiger partial charge in [0.05, 0.1) is 12.0 Å². The molecule has 0 amide bonds. The number of nitrogens with zero attached hydrogens (tertiary/aromatic N) is 1. The number of likely N-dealkylation sites (N-methyl/N-ethyl adjacent to an activating group) is 1. The first-order chi connectivity index (χ1) is 8.19. The van der Waals surface area contributed by atoms with E-state index in [0.29, 0.717) is 6.54 Å². The number of benzene rings is 1. The number of rotatable bonds is 4. The average Bonchev–Trinajstić information content (AvgIpc) is 2.35. The average molecular weight is 255 g/mol. The Kier molecular flexibility index (Phi) is 4.26. The summed E-state index contributed by atoms with van der Waals surface area (Å²) in [5, 5.41) is 12.6. The highest BCUT2D eigenvalue weighted by atomic mass is 35.5. The number of alkyl halides is 1. The van der Waals surface area contributed by atoms with Crippen LogP contribution in [0.2, 0.25) is 0 Å². The number of anilines is 1. The van der Waals surface area contributed by atoms with E-state index in [2.05, 4.69) is 35.5 Å². The molecule has 0 saturated carbocycles. The lowest BCUT2D eigenvalue weighted by Crippen LogP contribution is -2.26. The summed E-state index contributed by atoms with van der Waals surface area (Å²) in [5.74, 6) is 0.265. The molecule has 1 aliphatic heterocycles. The molecule has 0 spiro atoms. The van der Waals surface area contributed by atoms with E-state index in [-0.39, 0.29) is 5.88 Å². The summed E-state index contributed by atoms with van der Waals surface area (Å²) >= 11 is 5.56. The fourth-order valence-electron chi connectivity index (χ4n) is 2.10. The van der Waals surface area contributed by atoms with Crippen LogP contribution in [0.5, 0.6) is 0 Å². The van der Waals surface area contributed by atoms with E-state index in [4.69, 9.17) is 11.6 Å². The van der Waals surface area contributed by atoms with E-state index < -0.39 is 6.10 Å². The molecule has 0 saturated heterocycles. The highest BCUT2D eigenvalue weighted by molar-refractivity contribution is 6.18. The van der Waals surface area contributed by atoms with Gasteiger partial charge < -0.3 is 15.3 Å². The van der Waals surface area contributed by atoms with Crippen LogP contribution in [0.1, 0.15) is 11.1 Å². The van der Waals surface area contributed by atoms with Gasteiger partial charge in [-0.05, 0) is 36.7 Å². The molecule has 0 aliphatic carbocycles. The molecule has 1 atom stereocenters. The molecular weight excluding hydrogens is 236 g/mol. The van der Waals surface area contributed by atoms with Crippen molar-refractivity contribution in [2.45, 2.75) is 19.1 Å². The molecule has 2 rings (SSSR count). The predicted molar refractivity (Wildman–Crippen MR) is 71.7 cm³/mol. The summed E-state index contributed by atoms with van der Waals surface area (Å²) in [6, 6.07) is 6.43. The summed E-state index contributed by atoms with van der Waals surface area (Å²) in [6.07, 6.45) is 0.631. The fourth-order valence-corrected chi connectivity index (χ4v) is 2.21. The Bertz CT molecular complexity index is 384. The van der Waals surface area contributed by atoms with Gasteiger partial charge in [-0.1, -0.05) is 6.07 Å². The molecule has 2 N–H and O–H groups in total. The summed E-state index contributed by atoms with van der Waals surface area (Å²) in [5.41, 5.74) is 3.87. The van der Waals surface area contributed by atoms with Gasteiger partial charge in [-0.25, -0.2) is 0 Å². The molecular formula is C13H19ClN2O. The molecule has 17 heavy (non-hydrogen) atoms. The third-order valence-electron chi connectivity index (χ3n) is 3.13. The molecule has 3 nitrogen and oxygen atoms in total. The van der Waals surface area contributed by atoms with Crippen LogP contribution >= 0.6 is 11.6 Å². The first-order valence-corrected chi connectivity index (χ1v) is 6.50. The quantitative estimate of drug-likeness (QED) is 0.803. The van der Waals surface area contributed by atoms with Gasteiger partial charge in [0, 0.05) is 25.3 Å². The van der Waals surface area contributed by atoms with Crippen LogP contribution in [0.25, 0.3) is 0 Å². The second-order valence-corrected chi connectivity index (χ2v) is 4.97. The summed E-state index contributed by atoms with van der Waals surface area (Å²) in [7, 11) is 2.14. The van der Waals surface area contributed by atoms with Crippen LogP contribution in [0.3, 0.4) is 0 Å². The van der Waals surface area contributed by atoms with E-state index >= 15 is 0 Å². The van der Waals surface area contributed by atoms with Gasteiger partial charge in [-0.15, -0.1) is 11.6 Å². The SMILES string of the molecule is CN1CCc2ccc(NCC(O)CCl)cc2C1. The van der Waals surface area contributed by atoms with Crippen LogP contribution in [0, 0.1) is 0 Å². The maximum atomic E-state index is 9.40. The lowest BCUT2D eigenvalue weighted by Gasteiger charge is -2.25. The van der Waals surface area contributed by atoms with Gasteiger partial charge in [0.1, 0.15) is 0 Å². The van der Waals surface area contributed by atoms with Gasteiger partial charge in [0.25, 0.3) is 0 Å². The highest BCUT2D eigenvalue weighted by Crippen LogP contribution is 2.21. The van der Waals surface area contributed by atoms with Gasteiger partial charge in [0.15, 0.2) is 0 Å². The zero-order chi connectivity index (χ0) is 12.3. The Balaban J connectivity index is 2.02. The fraction of sp³-hybridized carbons (Fsp3) is 0.538. The van der Waals surface area contributed by atoms with E-state index in [9.17, 15) is 5.11 Å². The number of hydrogen-bond donors (Lipinski definition) is 2. The Labute approximate surface area is 107 Å². The number of hydrogen-bond acceptors (Lipinski definition) is 3. The maximum absolute atomic E-state index is 9.40. The maximum Gasteiger partial charge on any atom is 0.0847 e. The molecule has 0 fully saturated rings. The Hall–Kier alpha value is -0.770. The van der Waals surface area contributed by atoms with E-state index in [1.54, 1.807) is 0 Å². The second kappa shape index (κ2) is 5.71. The summed E-state index contributed by atoms with van der Waals surface area (Å²) < 4.78 is 0. The molecule has 1 aliphatic rings. The van der Waals surface area contributed by atoms with Crippen LogP contribution in [0.15, 0.2) is 18.2 Å². The van der Waals surface area contributed by atoms with E-state index in [0.717, 1.165) is 25.2 Å². The number of fused-ring (bicyclic) bond motifs is 1. The van der Waals surface area contributed by atoms with Gasteiger partial charge in [-0.2, -0.15) is 0 Å². The lowest BCUT2D eigenvalue weighted by atomic mass is 9.99. The van der Waals surface area contributed by atoms with Crippen molar-refractivity contribution in [3.8, 4) is 0 Å². The minimum Gasteiger partial charge on any atom is -0.390 e. The normalized spacial score (nSPS) is 17.6. The largest absolute Gasteiger partial charge is 0.390 e. The van der Waals surface area contributed by atoms with Crippen molar-refractivity contribution in [2.24, 2.45) is 0 Å². The number of aliphatic hydroxyl groups excluding tert-OH is 1. The van der Waals surface area contributed by atoms with Crippen molar-refractivity contribution in [1.29, 1.82) is 0 Å². The van der Waals surface area contributed by atoms with Crippen molar-refractivity contribution >= 4 is 17.3 Å². The molecule has 0 aromatic heterocycles. The van der Waals surface area contributed by atoms with E-state index in [1.807, 2.05) is 0 Å². The summed E-state index contributed by atoms with van der Waals surface area (Å²) in [4.78, 5) is 2.32. The molecule has 4 heteroatoms. The van der Waals surface area contributed by atoms with Crippen molar-refractivity contribution in [3.63, 3.8) is 0 Å². The van der Waals surface area contributed by atoms with Gasteiger partial charge in [-0.3, -0.25) is 0 Å². The van der Waals surface area contributed by atoms with Crippen molar-refractivity contribution < 1.29 is 5.11 Å². The number of aliphatic hydroxyl groups is 1. The molecule has 0 bridgehead atoms. The third-order valence-corrected chi connectivity index (χ3v) is 3.49. The number of nitrogens with one attached hydrogen (secondary N) is 1. The zero-order valence-electron chi connectivity index (χ0n) is 10.1. The molecule has 1 unspecified atom stereocenters. The predicted octanol–water partition coefficient (Wildman–Crippen LogP) is 1.69. The first kappa shape index (κ1) is 12.7. The van der Waals surface area contributed by atoms with Crippen LogP contribution in [0.4, 0.5) is 5.69 Å². The minimum atomic E-state index is -0.490. The molecule has 1 aromatic carbocycles. The first-order valence-electron chi connectivity index (χ1n) is 5.97. The second-order valence-electron chi connectivity index (χ2n) is 4.66. The Morgan fingerprint density at radius 1 is 1.47 bits per heavy atom. The van der Waals surface area contributed by atoms with Crippen molar-refractivity contribution in [3.05, 3.63) is 29.3 Å². The molecule has 0 radical (unpaired) electrons. The zero-order valence-corrected chi connectivity index (χ0v) is 10.9. The monoisotopic (exact) mass is 254 g/mol. The van der Waals surface area contributed by atoms with Crippen LogP contribution < -0.4 is 5.32 Å². The van der Waals surface area contributed by atoms with Crippen LogP contribution in [-0.2, 0) is 13.0 Å². The number of halogens is 1. The lowest BCUT2D eigenvalue weighted by molar-refractivity contribution is 0.211. The smallest absolute Gasteiger partial charge is 0.0847 e. The molecule has 1 heterocycles. The van der Waals surface area contributed by atoms with Crippen LogP contribution in [-0.4, -0.2) is 42.1 Å². The van der Waals surface area contributed by atoms with E-state index in [1.165, 1.54) is 11.1 Å². The standard InChI is InChI=1S/C13H19ClN2O/c1-16-5-4-10-2-3-12(6-11(10)9-16)15-8-13(17)7-14/h2-3,6,13,15,17H,4-5,7-9H2,1H3. The Morgan fingerprint density at radius 2 is 2.29 bits per heavy atom. The topological polar surface area (TPSA) is 35.5 Å². The van der Waals surface area contributed by atoms with Gasteiger partial charge in [0.2, 0.25) is 0 Å². The van der Waals surface area contributed by atoms with Crippen molar-refractivity contribution in [1.82, 2.24) is 4.90 Å². The van der Waals surface area contributed by atoms with Gasteiger partial charge >= 0.3 is 0 Å². The van der Waals surface area contributed by atoms with Crippen molar-refractivity contribution in [2.75, 3.05) is 31.3 Å². The minimum absolute atomic E-state index is 0.265. The Morgan fingerprint density at radius 3 is 3.06 bits per heavy atom. The summed E-state index contributed by atoms with van der Waals surface area (Å²) in [6.45, 7) is 2.63. The third kappa shape index (κ3) is 3.35. The molecule has 1 aromatic rings. The molecule has 94 valence electrons. The highest BCUT2D eigenvalue weighted by Gasteiger charge is 2.13.